The molecule has 0 rings (SSSR count). The van der Waals surface area contributed by atoms with E-state index >= 15 is 0 Å². The first kappa shape index (κ1) is 15.6. The molecule has 5 nitrogen and oxygen atoms in total. The van der Waals surface area contributed by atoms with Gasteiger partial charge in [-0.15, -0.1) is 6.58 Å². The summed E-state index contributed by atoms with van der Waals surface area (Å²) in [6.07, 6.45) is 2.38. The predicted molar refractivity (Wildman–Crippen MR) is 67.5 cm³/mol. The maximum Gasteiger partial charge on any atom is 0.281 e. The largest absolute Gasteiger partial charge is 0.317 e. The lowest BCUT2D eigenvalue weighted by Gasteiger charge is -2.23. The van der Waals surface area contributed by atoms with Gasteiger partial charge in [0, 0.05) is 27.2 Å². The Bertz CT molecular complexity index is 290. The fourth-order valence-electron chi connectivity index (χ4n) is 1.23. The molecule has 0 saturated carbocycles. The van der Waals surface area contributed by atoms with Crippen LogP contribution in [0.4, 0.5) is 0 Å². The minimum atomic E-state index is -3.32. The van der Waals surface area contributed by atoms with Gasteiger partial charge >= 0.3 is 0 Å². The van der Waals surface area contributed by atoms with Gasteiger partial charge < -0.3 is 5.32 Å². The summed E-state index contributed by atoms with van der Waals surface area (Å²) in [4.78, 5) is 0. The molecular formula is C10H23N3O2S. The summed E-state index contributed by atoms with van der Waals surface area (Å²) in [7, 11) is -0.169. The Labute approximate surface area is 99.3 Å². The SMILES string of the molecule is C=CCN(C)S(=O)(=O)N(C)CCCNCC. The van der Waals surface area contributed by atoms with E-state index in [-0.39, 0.29) is 0 Å². The van der Waals surface area contributed by atoms with Gasteiger partial charge in [-0.3, -0.25) is 0 Å². The van der Waals surface area contributed by atoms with Crippen LogP contribution < -0.4 is 5.32 Å². The number of rotatable bonds is 9. The van der Waals surface area contributed by atoms with Gasteiger partial charge in [-0.25, -0.2) is 0 Å². The summed E-state index contributed by atoms with van der Waals surface area (Å²) < 4.78 is 26.4. The second-order valence-corrected chi connectivity index (χ2v) is 5.75. The molecule has 16 heavy (non-hydrogen) atoms. The first-order valence-electron chi connectivity index (χ1n) is 5.46. The average molecular weight is 249 g/mol. The van der Waals surface area contributed by atoms with Gasteiger partial charge in [0.2, 0.25) is 0 Å². The molecule has 0 aromatic rings. The summed E-state index contributed by atoms with van der Waals surface area (Å²) in [5, 5.41) is 3.16. The van der Waals surface area contributed by atoms with Crippen LogP contribution in [0, 0.1) is 0 Å². The van der Waals surface area contributed by atoms with Crippen molar-refractivity contribution in [3.63, 3.8) is 0 Å². The number of nitrogens with zero attached hydrogens (tertiary/aromatic N) is 2. The van der Waals surface area contributed by atoms with Crippen molar-refractivity contribution in [3.05, 3.63) is 12.7 Å². The van der Waals surface area contributed by atoms with Crippen molar-refractivity contribution in [2.45, 2.75) is 13.3 Å². The monoisotopic (exact) mass is 249 g/mol. The fraction of sp³-hybridized carbons (Fsp3) is 0.800. The quantitative estimate of drug-likeness (QED) is 0.472. The molecule has 96 valence electrons. The van der Waals surface area contributed by atoms with Crippen LogP contribution >= 0.6 is 0 Å². The highest BCUT2D eigenvalue weighted by atomic mass is 32.2. The topological polar surface area (TPSA) is 52.7 Å². The summed E-state index contributed by atoms with van der Waals surface area (Å²) in [6, 6.07) is 0. The van der Waals surface area contributed by atoms with Crippen molar-refractivity contribution in [2.24, 2.45) is 0 Å². The average Bonchev–Trinajstić information content (AvgIpc) is 2.24. The third-order valence-corrected chi connectivity index (χ3v) is 4.16. The van der Waals surface area contributed by atoms with Crippen molar-refractivity contribution in [2.75, 3.05) is 40.3 Å². The minimum Gasteiger partial charge on any atom is -0.317 e. The van der Waals surface area contributed by atoms with E-state index in [9.17, 15) is 8.42 Å². The smallest absolute Gasteiger partial charge is 0.281 e. The van der Waals surface area contributed by atoms with Gasteiger partial charge in [0.25, 0.3) is 10.2 Å². The van der Waals surface area contributed by atoms with Gasteiger partial charge in [0.1, 0.15) is 0 Å². The van der Waals surface area contributed by atoms with E-state index in [2.05, 4.69) is 11.9 Å². The van der Waals surface area contributed by atoms with Crippen molar-refractivity contribution in [3.8, 4) is 0 Å². The Morgan fingerprint density at radius 3 is 2.44 bits per heavy atom. The maximum absolute atomic E-state index is 11.9. The second-order valence-electron chi connectivity index (χ2n) is 3.61. The predicted octanol–water partition coefficient (Wildman–Crippen LogP) is 0.280. The van der Waals surface area contributed by atoms with Crippen molar-refractivity contribution < 1.29 is 8.42 Å². The van der Waals surface area contributed by atoms with Gasteiger partial charge in [0.15, 0.2) is 0 Å². The standard InChI is InChI=1S/C10H23N3O2S/c1-5-9-12(3)16(14,15)13(4)10-7-8-11-6-2/h5,11H,1,6-10H2,2-4H3. The minimum absolute atomic E-state index is 0.333. The van der Waals surface area contributed by atoms with Gasteiger partial charge in [-0.05, 0) is 19.5 Å². The molecule has 6 heteroatoms. The highest BCUT2D eigenvalue weighted by Gasteiger charge is 2.21. The first-order chi connectivity index (χ1) is 7.46. The molecule has 0 unspecified atom stereocenters. The molecule has 0 bridgehead atoms. The van der Waals surface area contributed by atoms with Crippen LogP contribution in [0.3, 0.4) is 0 Å². The molecule has 0 aliphatic heterocycles. The van der Waals surface area contributed by atoms with E-state index in [1.165, 1.54) is 8.61 Å². The molecule has 0 heterocycles. The van der Waals surface area contributed by atoms with Crippen LogP contribution in [0.1, 0.15) is 13.3 Å². The van der Waals surface area contributed by atoms with Crippen LogP contribution in [0.5, 0.6) is 0 Å². The highest BCUT2D eigenvalue weighted by molar-refractivity contribution is 7.86. The van der Waals surface area contributed by atoms with Crippen molar-refractivity contribution in [1.82, 2.24) is 13.9 Å². The fourth-order valence-corrected chi connectivity index (χ4v) is 2.36. The van der Waals surface area contributed by atoms with Crippen molar-refractivity contribution in [1.29, 1.82) is 0 Å². The Kier molecular flexibility index (Phi) is 7.57. The Balaban J connectivity index is 4.14. The molecule has 0 saturated heterocycles. The first-order valence-corrected chi connectivity index (χ1v) is 6.85. The Morgan fingerprint density at radius 2 is 1.94 bits per heavy atom. The van der Waals surface area contributed by atoms with Crippen molar-refractivity contribution >= 4 is 10.2 Å². The van der Waals surface area contributed by atoms with Crippen LogP contribution in [-0.4, -0.2) is 57.3 Å². The van der Waals surface area contributed by atoms with E-state index in [0.717, 1.165) is 19.5 Å². The van der Waals surface area contributed by atoms with E-state index in [0.29, 0.717) is 13.1 Å². The lowest BCUT2D eigenvalue weighted by Crippen LogP contribution is -2.40. The molecule has 0 atom stereocenters. The summed E-state index contributed by atoms with van der Waals surface area (Å²) in [5.74, 6) is 0. The second kappa shape index (κ2) is 7.78. The normalized spacial score (nSPS) is 12.3. The summed E-state index contributed by atoms with van der Waals surface area (Å²) >= 11 is 0. The van der Waals surface area contributed by atoms with E-state index in [1.54, 1.807) is 20.2 Å². The number of hydrogen-bond acceptors (Lipinski definition) is 3. The van der Waals surface area contributed by atoms with Gasteiger partial charge in [-0.2, -0.15) is 17.0 Å². The molecule has 0 fully saturated rings. The van der Waals surface area contributed by atoms with E-state index in [4.69, 9.17) is 0 Å². The third-order valence-electron chi connectivity index (χ3n) is 2.25. The molecule has 0 spiro atoms. The maximum atomic E-state index is 11.9. The van der Waals surface area contributed by atoms with Crippen LogP contribution in [0.25, 0.3) is 0 Å². The molecular weight excluding hydrogens is 226 g/mol. The molecule has 0 aromatic carbocycles. The van der Waals surface area contributed by atoms with Crippen LogP contribution in [0.15, 0.2) is 12.7 Å². The number of nitrogens with one attached hydrogen (secondary N) is 1. The lowest BCUT2D eigenvalue weighted by molar-refractivity contribution is 0.400. The molecule has 0 radical (unpaired) electrons. The lowest BCUT2D eigenvalue weighted by atomic mass is 10.4. The van der Waals surface area contributed by atoms with E-state index in [1.807, 2.05) is 6.92 Å². The molecule has 0 aliphatic rings. The van der Waals surface area contributed by atoms with E-state index < -0.39 is 10.2 Å². The molecule has 0 aromatic heterocycles. The Morgan fingerprint density at radius 1 is 1.31 bits per heavy atom. The molecule has 0 amide bonds. The Hall–Kier alpha value is -0.430. The van der Waals surface area contributed by atoms with Crippen LogP contribution in [0.2, 0.25) is 0 Å². The number of likely N-dealkylation sites (N-methyl/N-ethyl adjacent to an activating group) is 1. The zero-order valence-corrected chi connectivity index (χ0v) is 11.3. The molecule has 1 N–H and O–H groups in total. The van der Waals surface area contributed by atoms with Gasteiger partial charge in [0.05, 0.1) is 0 Å². The number of hydrogen-bond donors (Lipinski definition) is 1. The molecule has 0 aliphatic carbocycles. The zero-order valence-electron chi connectivity index (χ0n) is 10.4. The highest BCUT2D eigenvalue weighted by Crippen LogP contribution is 2.03. The van der Waals surface area contributed by atoms with Crippen LogP contribution in [-0.2, 0) is 10.2 Å². The summed E-state index contributed by atoms with van der Waals surface area (Å²) in [6.45, 7) is 8.15. The van der Waals surface area contributed by atoms with Gasteiger partial charge in [-0.1, -0.05) is 13.0 Å². The summed E-state index contributed by atoms with van der Waals surface area (Å²) in [5.41, 5.74) is 0. The zero-order chi connectivity index (χ0) is 12.6. The third kappa shape index (κ3) is 5.07.